The summed E-state index contributed by atoms with van der Waals surface area (Å²) in [5, 5.41) is 10.7. The number of non-ortho nitro benzene ring substituents is 1. The summed E-state index contributed by atoms with van der Waals surface area (Å²) in [6.45, 7) is -0.556. The van der Waals surface area contributed by atoms with Gasteiger partial charge in [-0.1, -0.05) is 30.3 Å². The van der Waals surface area contributed by atoms with Crippen LogP contribution >= 0.6 is 0 Å². The maximum absolute atomic E-state index is 12.0. The van der Waals surface area contributed by atoms with E-state index in [2.05, 4.69) is 10.9 Å². The molecule has 0 bridgehead atoms. The molecular weight excluding hydrogens is 394 g/mol. The Morgan fingerprint density at radius 3 is 2.30 bits per heavy atom. The summed E-state index contributed by atoms with van der Waals surface area (Å²) in [4.78, 5) is 57.3. The van der Waals surface area contributed by atoms with Crippen molar-refractivity contribution in [2.75, 3.05) is 6.61 Å². The van der Waals surface area contributed by atoms with Crippen LogP contribution in [-0.2, 0) is 14.3 Å². The van der Waals surface area contributed by atoms with Gasteiger partial charge < -0.3 is 4.74 Å². The molecular formula is C20H19N3O7. The van der Waals surface area contributed by atoms with Gasteiger partial charge in [0.2, 0.25) is 11.7 Å². The highest BCUT2D eigenvalue weighted by Crippen LogP contribution is 2.13. The molecule has 0 radical (unpaired) electrons. The van der Waals surface area contributed by atoms with E-state index in [9.17, 15) is 29.3 Å². The zero-order valence-electron chi connectivity index (χ0n) is 15.8. The Labute approximate surface area is 171 Å². The molecule has 0 spiro atoms. The van der Waals surface area contributed by atoms with Gasteiger partial charge in [0.1, 0.15) is 0 Å². The number of ether oxygens (including phenoxy) is 1. The predicted octanol–water partition coefficient (Wildman–Crippen LogP) is 1.95. The van der Waals surface area contributed by atoms with Crippen LogP contribution in [0.25, 0.3) is 0 Å². The first-order valence-electron chi connectivity index (χ1n) is 8.94. The summed E-state index contributed by atoms with van der Waals surface area (Å²) >= 11 is 0. The molecule has 0 aliphatic rings. The van der Waals surface area contributed by atoms with E-state index in [-0.39, 0.29) is 30.5 Å². The SMILES string of the molecule is O=C(CCCC(=O)OCC(=O)c1cccc([N+](=O)[O-])c1)NNC(=O)c1ccccc1. The number of ketones is 1. The van der Waals surface area contributed by atoms with Gasteiger partial charge in [-0.25, -0.2) is 0 Å². The van der Waals surface area contributed by atoms with Gasteiger partial charge in [0.25, 0.3) is 11.6 Å². The number of nitro benzene ring substituents is 1. The average molecular weight is 413 g/mol. The van der Waals surface area contributed by atoms with Crippen molar-refractivity contribution in [3.05, 3.63) is 75.8 Å². The Kier molecular flexibility index (Phi) is 8.18. The lowest BCUT2D eigenvalue weighted by atomic mass is 10.1. The molecule has 156 valence electrons. The first kappa shape index (κ1) is 22.2. The molecule has 2 amide bonds. The number of nitrogens with zero attached hydrogens (tertiary/aromatic N) is 1. The average Bonchev–Trinajstić information content (AvgIpc) is 2.76. The molecule has 2 rings (SSSR count). The van der Waals surface area contributed by atoms with Crippen LogP contribution in [0.1, 0.15) is 40.0 Å². The van der Waals surface area contributed by atoms with Crippen molar-refractivity contribution in [2.45, 2.75) is 19.3 Å². The molecule has 0 heterocycles. The van der Waals surface area contributed by atoms with E-state index in [1.165, 1.54) is 18.2 Å². The smallest absolute Gasteiger partial charge is 0.306 e. The first-order valence-corrected chi connectivity index (χ1v) is 8.94. The van der Waals surface area contributed by atoms with E-state index in [1.807, 2.05) is 0 Å². The zero-order valence-corrected chi connectivity index (χ0v) is 15.8. The highest BCUT2D eigenvalue weighted by Gasteiger charge is 2.14. The van der Waals surface area contributed by atoms with Gasteiger partial charge in [0, 0.05) is 36.1 Å². The summed E-state index contributed by atoms with van der Waals surface area (Å²) in [6.07, 6.45) is 0.00212. The van der Waals surface area contributed by atoms with Crippen LogP contribution in [0.15, 0.2) is 54.6 Å². The number of nitrogens with one attached hydrogen (secondary N) is 2. The fourth-order valence-corrected chi connectivity index (χ4v) is 2.34. The summed E-state index contributed by atoms with van der Waals surface area (Å²) in [5.41, 5.74) is 4.71. The van der Waals surface area contributed by atoms with Crippen molar-refractivity contribution in [1.29, 1.82) is 0 Å². The number of benzene rings is 2. The highest BCUT2D eigenvalue weighted by atomic mass is 16.6. The van der Waals surface area contributed by atoms with E-state index < -0.39 is 35.1 Å². The highest BCUT2D eigenvalue weighted by molar-refractivity contribution is 5.98. The Hall–Kier alpha value is -4.08. The normalized spacial score (nSPS) is 10.0. The number of rotatable bonds is 9. The molecule has 2 aromatic carbocycles. The number of hydrazine groups is 1. The zero-order chi connectivity index (χ0) is 21.9. The Bertz CT molecular complexity index is 944. The fourth-order valence-electron chi connectivity index (χ4n) is 2.34. The number of hydrogen-bond donors (Lipinski definition) is 2. The minimum absolute atomic E-state index is 0.0387. The lowest BCUT2D eigenvalue weighted by molar-refractivity contribution is -0.384. The molecule has 0 saturated heterocycles. The number of Topliss-reactive ketones (excluding diaryl/α,β-unsaturated/α-hetero) is 1. The quantitative estimate of drug-likeness (QED) is 0.277. The van der Waals surface area contributed by atoms with Crippen molar-refractivity contribution >= 4 is 29.3 Å². The van der Waals surface area contributed by atoms with Crippen LogP contribution in [0.2, 0.25) is 0 Å². The first-order chi connectivity index (χ1) is 14.4. The molecule has 0 aliphatic heterocycles. The molecule has 0 unspecified atom stereocenters. The van der Waals surface area contributed by atoms with Crippen molar-refractivity contribution < 1.29 is 28.8 Å². The van der Waals surface area contributed by atoms with Gasteiger partial charge in [0.05, 0.1) is 4.92 Å². The molecule has 0 saturated carbocycles. The van der Waals surface area contributed by atoms with Crippen LogP contribution in [-0.4, -0.2) is 35.1 Å². The third kappa shape index (κ3) is 7.15. The van der Waals surface area contributed by atoms with Crippen LogP contribution in [0.3, 0.4) is 0 Å². The molecule has 10 nitrogen and oxygen atoms in total. The largest absolute Gasteiger partial charge is 0.457 e. The second kappa shape index (κ2) is 11.1. The third-order valence-electron chi connectivity index (χ3n) is 3.88. The molecule has 2 N–H and O–H groups in total. The van der Waals surface area contributed by atoms with Gasteiger partial charge >= 0.3 is 5.97 Å². The van der Waals surface area contributed by atoms with Crippen LogP contribution < -0.4 is 10.9 Å². The van der Waals surface area contributed by atoms with Crippen molar-refractivity contribution in [1.82, 2.24) is 10.9 Å². The lowest BCUT2D eigenvalue weighted by Gasteiger charge is -2.07. The van der Waals surface area contributed by atoms with E-state index in [0.29, 0.717) is 5.56 Å². The molecule has 0 aromatic heterocycles. The summed E-state index contributed by atoms with van der Waals surface area (Å²) in [7, 11) is 0. The molecule has 30 heavy (non-hydrogen) atoms. The Balaban J connectivity index is 1.65. The maximum Gasteiger partial charge on any atom is 0.306 e. The second-order valence-electron chi connectivity index (χ2n) is 6.11. The molecule has 10 heteroatoms. The van der Waals surface area contributed by atoms with E-state index in [1.54, 1.807) is 30.3 Å². The number of nitro groups is 1. The summed E-state index contributed by atoms with van der Waals surface area (Å²) < 4.78 is 4.84. The van der Waals surface area contributed by atoms with Gasteiger partial charge in [-0.3, -0.25) is 40.1 Å². The van der Waals surface area contributed by atoms with Gasteiger partial charge in [-0.2, -0.15) is 0 Å². The van der Waals surface area contributed by atoms with Crippen molar-refractivity contribution in [2.24, 2.45) is 0 Å². The van der Waals surface area contributed by atoms with Crippen LogP contribution in [0.4, 0.5) is 5.69 Å². The minimum atomic E-state index is -0.685. The lowest BCUT2D eigenvalue weighted by Crippen LogP contribution is -2.41. The number of carbonyl (C=O) groups excluding carboxylic acids is 4. The summed E-state index contributed by atoms with van der Waals surface area (Å²) in [5.74, 6) is -2.22. The molecule has 0 atom stereocenters. The topological polar surface area (TPSA) is 145 Å². The van der Waals surface area contributed by atoms with Gasteiger partial charge in [-0.05, 0) is 18.6 Å². The Morgan fingerprint density at radius 2 is 1.60 bits per heavy atom. The van der Waals surface area contributed by atoms with Crippen LogP contribution in [0, 0.1) is 10.1 Å². The van der Waals surface area contributed by atoms with E-state index in [0.717, 1.165) is 6.07 Å². The number of hydrogen-bond acceptors (Lipinski definition) is 7. The molecule has 0 aliphatic carbocycles. The third-order valence-corrected chi connectivity index (χ3v) is 3.88. The van der Waals surface area contributed by atoms with Gasteiger partial charge in [0.15, 0.2) is 6.61 Å². The monoisotopic (exact) mass is 413 g/mol. The molecule has 0 fully saturated rings. The second-order valence-corrected chi connectivity index (χ2v) is 6.11. The van der Waals surface area contributed by atoms with Crippen LogP contribution in [0.5, 0.6) is 0 Å². The number of esters is 1. The van der Waals surface area contributed by atoms with Crippen molar-refractivity contribution in [3.8, 4) is 0 Å². The van der Waals surface area contributed by atoms with Gasteiger partial charge in [-0.15, -0.1) is 0 Å². The van der Waals surface area contributed by atoms with E-state index in [4.69, 9.17) is 4.74 Å². The molecule has 2 aromatic rings. The number of carbonyl (C=O) groups is 4. The summed E-state index contributed by atoms with van der Waals surface area (Å²) in [6, 6.07) is 13.4. The fraction of sp³-hybridized carbons (Fsp3) is 0.200. The Morgan fingerprint density at radius 1 is 0.900 bits per heavy atom. The standard InChI is InChI=1S/C20H19N3O7/c24-17(15-8-4-9-16(12-15)23(28)29)13-30-19(26)11-5-10-18(25)21-22-20(27)14-6-2-1-3-7-14/h1-4,6-9,12H,5,10-11,13H2,(H,21,25)(H,22,27). The van der Waals surface area contributed by atoms with Crippen molar-refractivity contribution in [3.63, 3.8) is 0 Å². The minimum Gasteiger partial charge on any atom is -0.457 e. The maximum atomic E-state index is 12.0. The van der Waals surface area contributed by atoms with E-state index >= 15 is 0 Å². The number of amides is 2. The predicted molar refractivity (Wildman–Crippen MR) is 104 cm³/mol.